The van der Waals surface area contributed by atoms with Crippen molar-refractivity contribution in [1.82, 2.24) is 9.55 Å². The standard InChI is InChI=1S/C41H26N2S/c1-3-10-27(11-4-1)28-18-21-31(22-19-28)43-38-26-42-37(30-20-23-40-36(24-30)33-14-7-8-17-39(33)44-40)25-35(38)34-16-9-15-32(41(34)43)29-12-5-2-6-13-29/h1-26H. The third-order valence-electron chi connectivity index (χ3n) is 8.66. The zero-order valence-electron chi connectivity index (χ0n) is 23.8. The van der Waals surface area contributed by atoms with Gasteiger partial charge in [-0.1, -0.05) is 115 Å². The van der Waals surface area contributed by atoms with Gasteiger partial charge in [-0.3, -0.25) is 4.98 Å². The van der Waals surface area contributed by atoms with E-state index in [1.807, 2.05) is 11.3 Å². The number of para-hydroxylation sites is 1. The van der Waals surface area contributed by atoms with Crippen LogP contribution in [0, 0.1) is 0 Å². The molecule has 9 aromatic rings. The van der Waals surface area contributed by atoms with Crippen molar-refractivity contribution >= 4 is 53.3 Å². The van der Waals surface area contributed by atoms with Crippen LogP contribution in [0.15, 0.2) is 158 Å². The number of aromatic nitrogens is 2. The lowest BCUT2D eigenvalue weighted by molar-refractivity contribution is 1.17. The third kappa shape index (κ3) is 3.98. The van der Waals surface area contributed by atoms with Crippen LogP contribution >= 0.6 is 11.3 Å². The van der Waals surface area contributed by atoms with E-state index in [1.54, 1.807) is 0 Å². The monoisotopic (exact) mass is 578 g/mol. The van der Waals surface area contributed by atoms with Crippen molar-refractivity contribution in [2.24, 2.45) is 0 Å². The maximum Gasteiger partial charge on any atom is 0.0725 e. The summed E-state index contributed by atoms with van der Waals surface area (Å²) in [4.78, 5) is 5.08. The molecule has 0 saturated carbocycles. The second-order valence-corrected chi connectivity index (χ2v) is 12.3. The minimum Gasteiger partial charge on any atom is -0.307 e. The molecule has 3 heterocycles. The van der Waals surface area contributed by atoms with Gasteiger partial charge in [0.2, 0.25) is 0 Å². The first kappa shape index (κ1) is 25.0. The second-order valence-electron chi connectivity index (χ2n) is 11.2. The molecule has 0 amide bonds. The lowest BCUT2D eigenvalue weighted by Crippen LogP contribution is -1.96. The van der Waals surface area contributed by atoms with Crippen LogP contribution in [0.1, 0.15) is 0 Å². The second kappa shape index (κ2) is 10.0. The van der Waals surface area contributed by atoms with Gasteiger partial charge in [0.1, 0.15) is 0 Å². The minimum absolute atomic E-state index is 0.985. The summed E-state index contributed by atoms with van der Waals surface area (Å²) >= 11 is 1.85. The normalized spacial score (nSPS) is 11.6. The maximum atomic E-state index is 5.08. The number of pyridine rings is 1. The minimum atomic E-state index is 0.985. The Morgan fingerprint density at radius 3 is 1.93 bits per heavy atom. The van der Waals surface area contributed by atoms with Crippen LogP contribution in [0.5, 0.6) is 0 Å². The molecular weight excluding hydrogens is 553 g/mol. The first-order chi connectivity index (χ1) is 21.8. The molecule has 0 radical (unpaired) electrons. The number of rotatable bonds is 4. The van der Waals surface area contributed by atoms with E-state index in [0.29, 0.717) is 0 Å². The molecule has 0 N–H and O–H groups in total. The Labute approximate surface area is 259 Å². The number of fused-ring (bicyclic) bond motifs is 6. The van der Waals surface area contributed by atoms with E-state index in [1.165, 1.54) is 58.7 Å². The Hall–Kier alpha value is -5.51. The Morgan fingerprint density at radius 1 is 0.455 bits per heavy atom. The first-order valence-corrected chi connectivity index (χ1v) is 15.7. The Bertz CT molecular complexity index is 2470. The number of thiophene rings is 1. The van der Waals surface area contributed by atoms with Gasteiger partial charge in [0, 0.05) is 47.8 Å². The first-order valence-electron chi connectivity index (χ1n) is 14.9. The van der Waals surface area contributed by atoms with Crippen LogP contribution in [0.25, 0.3) is 81.2 Å². The van der Waals surface area contributed by atoms with Crippen LogP contribution < -0.4 is 0 Å². The Balaban J connectivity index is 1.28. The summed E-state index contributed by atoms with van der Waals surface area (Å²) < 4.78 is 5.01. The lowest BCUT2D eigenvalue weighted by Gasteiger charge is -2.12. The zero-order valence-corrected chi connectivity index (χ0v) is 24.6. The highest BCUT2D eigenvalue weighted by Crippen LogP contribution is 2.40. The molecule has 0 aliphatic heterocycles. The molecule has 6 aromatic carbocycles. The van der Waals surface area contributed by atoms with Gasteiger partial charge in [-0.2, -0.15) is 0 Å². The highest BCUT2D eigenvalue weighted by atomic mass is 32.1. The molecule has 0 fully saturated rings. The van der Waals surface area contributed by atoms with Crippen molar-refractivity contribution in [2.75, 3.05) is 0 Å². The van der Waals surface area contributed by atoms with Crippen LogP contribution in [0.3, 0.4) is 0 Å². The number of nitrogens with zero attached hydrogens (tertiary/aromatic N) is 2. The van der Waals surface area contributed by atoms with Gasteiger partial charge in [0.05, 0.1) is 22.9 Å². The van der Waals surface area contributed by atoms with Gasteiger partial charge >= 0.3 is 0 Å². The molecular formula is C41H26N2S. The van der Waals surface area contributed by atoms with Crippen molar-refractivity contribution in [1.29, 1.82) is 0 Å². The fraction of sp³-hybridized carbons (Fsp3) is 0. The molecule has 2 nitrogen and oxygen atoms in total. The fourth-order valence-corrected chi connectivity index (χ4v) is 7.65. The molecule has 0 bridgehead atoms. The van der Waals surface area contributed by atoms with Crippen LogP contribution in [-0.4, -0.2) is 9.55 Å². The average Bonchev–Trinajstić information content (AvgIpc) is 3.64. The van der Waals surface area contributed by atoms with Gasteiger partial charge in [-0.05, 0) is 53.1 Å². The van der Waals surface area contributed by atoms with Gasteiger partial charge in [-0.25, -0.2) is 0 Å². The highest BCUT2D eigenvalue weighted by molar-refractivity contribution is 7.25. The number of hydrogen-bond acceptors (Lipinski definition) is 2. The molecule has 0 aliphatic carbocycles. The fourth-order valence-electron chi connectivity index (χ4n) is 6.56. The van der Waals surface area contributed by atoms with Crippen molar-refractivity contribution in [3.8, 4) is 39.2 Å². The highest BCUT2D eigenvalue weighted by Gasteiger charge is 2.18. The predicted octanol–water partition coefficient (Wildman–Crippen LogP) is 11.5. The summed E-state index contributed by atoms with van der Waals surface area (Å²) in [6.45, 7) is 0. The van der Waals surface area contributed by atoms with Gasteiger partial charge in [0.25, 0.3) is 0 Å². The lowest BCUT2D eigenvalue weighted by atomic mass is 10.0. The third-order valence-corrected chi connectivity index (χ3v) is 9.82. The van der Waals surface area contributed by atoms with E-state index in [0.717, 1.165) is 22.5 Å². The van der Waals surface area contributed by atoms with Crippen molar-refractivity contribution < 1.29 is 0 Å². The van der Waals surface area contributed by atoms with E-state index in [4.69, 9.17) is 4.98 Å². The molecule has 0 unspecified atom stereocenters. The topological polar surface area (TPSA) is 17.8 Å². The molecule has 0 spiro atoms. The quantitative estimate of drug-likeness (QED) is 0.203. The zero-order chi connectivity index (χ0) is 29.0. The smallest absolute Gasteiger partial charge is 0.0725 e. The molecule has 0 atom stereocenters. The van der Waals surface area contributed by atoms with E-state index in [-0.39, 0.29) is 0 Å². The Kier molecular flexibility index (Phi) is 5.71. The molecule has 206 valence electrons. The maximum absolute atomic E-state index is 5.08. The van der Waals surface area contributed by atoms with Crippen molar-refractivity contribution in [3.63, 3.8) is 0 Å². The summed E-state index contributed by atoms with van der Waals surface area (Å²) in [6, 6.07) is 54.5. The van der Waals surface area contributed by atoms with Gasteiger partial charge < -0.3 is 4.57 Å². The SMILES string of the molecule is c1ccc(-c2ccc(-n3c4cnc(-c5ccc6sc7ccccc7c6c5)cc4c4cccc(-c5ccccc5)c43)cc2)cc1. The van der Waals surface area contributed by atoms with Crippen molar-refractivity contribution in [3.05, 3.63) is 158 Å². The van der Waals surface area contributed by atoms with Gasteiger partial charge in [-0.15, -0.1) is 11.3 Å². The molecule has 0 aliphatic rings. The van der Waals surface area contributed by atoms with Crippen LogP contribution in [-0.2, 0) is 0 Å². The number of hydrogen-bond donors (Lipinski definition) is 0. The molecule has 3 heteroatoms. The van der Waals surface area contributed by atoms with E-state index in [2.05, 4.69) is 162 Å². The summed E-state index contributed by atoms with van der Waals surface area (Å²) in [5, 5.41) is 5.01. The largest absolute Gasteiger partial charge is 0.307 e. The van der Waals surface area contributed by atoms with Crippen LogP contribution in [0.2, 0.25) is 0 Å². The molecule has 0 saturated heterocycles. The molecule has 3 aromatic heterocycles. The summed E-state index contributed by atoms with van der Waals surface area (Å²) in [5.74, 6) is 0. The average molecular weight is 579 g/mol. The predicted molar refractivity (Wildman–Crippen MR) is 188 cm³/mol. The van der Waals surface area contributed by atoms with Gasteiger partial charge in [0.15, 0.2) is 0 Å². The van der Waals surface area contributed by atoms with E-state index < -0.39 is 0 Å². The summed E-state index contributed by atoms with van der Waals surface area (Å²) in [6.07, 6.45) is 2.06. The van der Waals surface area contributed by atoms with E-state index in [9.17, 15) is 0 Å². The Morgan fingerprint density at radius 2 is 1.11 bits per heavy atom. The summed E-state index contributed by atoms with van der Waals surface area (Å²) in [5.41, 5.74) is 10.4. The molecule has 9 rings (SSSR count). The van der Waals surface area contributed by atoms with Crippen molar-refractivity contribution in [2.45, 2.75) is 0 Å². The molecule has 44 heavy (non-hydrogen) atoms. The van der Waals surface area contributed by atoms with Crippen LogP contribution in [0.4, 0.5) is 0 Å². The number of benzene rings is 6. The summed E-state index contributed by atoms with van der Waals surface area (Å²) in [7, 11) is 0. The van der Waals surface area contributed by atoms with E-state index >= 15 is 0 Å².